The average Bonchev–Trinajstić information content (AvgIpc) is 2.43. The molecule has 3 N–H and O–H groups in total. The van der Waals surface area contributed by atoms with Crippen LogP contribution in [0.25, 0.3) is 0 Å². The molecule has 4 nitrogen and oxygen atoms in total. The van der Waals surface area contributed by atoms with Gasteiger partial charge in [-0.15, -0.1) is 0 Å². The lowest BCUT2D eigenvalue weighted by Crippen LogP contribution is -2.58. The molecular formula is C16H31N3O. The first kappa shape index (κ1) is 15.6. The van der Waals surface area contributed by atoms with E-state index in [0.29, 0.717) is 6.54 Å². The van der Waals surface area contributed by atoms with Gasteiger partial charge in [-0.25, -0.2) is 4.79 Å². The number of likely N-dealkylation sites (tertiary alicyclic amines) is 1. The molecule has 1 saturated carbocycles. The SMILES string of the molecule is CC1CCN(C(=O)NC2(CN)CCCCCCC2)CC1. The number of carbonyl (C=O) groups excluding carboxylic acids is 1. The third kappa shape index (κ3) is 4.11. The third-order valence-corrected chi connectivity index (χ3v) is 5.14. The summed E-state index contributed by atoms with van der Waals surface area (Å²) in [6.07, 6.45) is 10.6. The van der Waals surface area contributed by atoms with Crippen LogP contribution < -0.4 is 11.1 Å². The molecule has 116 valence electrons. The van der Waals surface area contributed by atoms with Crippen LogP contribution in [0.4, 0.5) is 4.79 Å². The van der Waals surface area contributed by atoms with Crippen LogP contribution in [0.2, 0.25) is 0 Å². The molecule has 0 aromatic carbocycles. The van der Waals surface area contributed by atoms with Gasteiger partial charge in [-0.1, -0.05) is 39.0 Å². The van der Waals surface area contributed by atoms with E-state index in [1.54, 1.807) is 0 Å². The highest BCUT2D eigenvalue weighted by Gasteiger charge is 2.32. The average molecular weight is 281 g/mol. The Bertz CT molecular complexity index is 303. The Hall–Kier alpha value is -0.770. The summed E-state index contributed by atoms with van der Waals surface area (Å²) in [4.78, 5) is 14.5. The van der Waals surface area contributed by atoms with Crippen LogP contribution in [-0.4, -0.2) is 36.1 Å². The van der Waals surface area contributed by atoms with Gasteiger partial charge in [0.25, 0.3) is 0 Å². The molecule has 2 rings (SSSR count). The van der Waals surface area contributed by atoms with Gasteiger partial charge in [-0.05, 0) is 31.6 Å². The highest BCUT2D eigenvalue weighted by Crippen LogP contribution is 2.26. The second-order valence-corrected chi connectivity index (χ2v) is 6.85. The predicted molar refractivity (Wildman–Crippen MR) is 82.6 cm³/mol. The third-order valence-electron chi connectivity index (χ3n) is 5.14. The van der Waals surface area contributed by atoms with Gasteiger partial charge in [0.15, 0.2) is 0 Å². The van der Waals surface area contributed by atoms with Gasteiger partial charge in [-0.3, -0.25) is 0 Å². The van der Waals surface area contributed by atoms with Crippen LogP contribution in [0.15, 0.2) is 0 Å². The van der Waals surface area contributed by atoms with E-state index >= 15 is 0 Å². The molecule has 0 atom stereocenters. The topological polar surface area (TPSA) is 58.4 Å². The number of carbonyl (C=O) groups is 1. The maximum absolute atomic E-state index is 12.5. The molecule has 2 amide bonds. The van der Waals surface area contributed by atoms with Crippen molar-refractivity contribution in [1.29, 1.82) is 0 Å². The van der Waals surface area contributed by atoms with E-state index in [-0.39, 0.29) is 11.6 Å². The van der Waals surface area contributed by atoms with E-state index in [0.717, 1.165) is 44.7 Å². The molecule has 0 aromatic heterocycles. The standard InChI is InChI=1S/C16H31N3O/c1-14-7-11-19(12-8-14)15(20)18-16(13-17)9-5-3-2-4-6-10-16/h14H,2-13,17H2,1H3,(H,18,20). The van der Waals surface area contributed by atoms with Gasteiger partial charge >= 0.3 is 6.03 Å². The summed E-state index contributed by atoms with van der Waals surface area (Å²) in [5.41, 5.74) is 5.87. The molecular weight excluding hydrogens is 250 g/mol. The number of hydrogen-bond donors (Lipinski definition) is 2. The van der Waals surface area contributed by atoms with Crippen LogP contribution >= 0.6 is 0 Å². The Morgan fingerprint density at radius 2 is 1.70 bits per heavy atom. The fraction of sp³-hybridized carbons (Fsp3) is 0.938. The number of nitrogens with two attached hydrogens (primary N) is 1. The summed E-state index contributed by atoms with van der Waals surface area (Å²) in [5, 5.41) is 3.30. The van der Waals surface area contributed by atoms with E-state index in [1.807, 2.05) is 4.90 Å². The lowest BCUT2D eigenvalue weighted by atomic mass is 9.84. The summed E-state index contributed by atoms with van der Waals surface area (Å²) < 4.78 is 0. The zero-order valence-corrected chi connectivity index (χ0v) is 13.0. The Kier molecular flexibility index (Phi) is 5.70. The van der Waals surface area contributed by atoms with Crippen molar-refractivity contribution >= 4 is 6.03 Å². The van der Waals surface area contributed by atoms with E-state index in [4.69, 9.17) is 5.73 Å². The molecule has 0 spiro atoms. The maximum Gasteiger partial charge on any atom is 0.317 e. The van der Waals surface area contributed by atoms with Crippen molar-refractivity contribution in [3.05, 3.63) is 0 Å². The second-order valence-electron chi connectivity index (χ2n) is 6.85. The number of hydrogen-bond acceptors (Lipinski definition) is 2. The van der Waals surface area contributed by atoms with Crippen molar-refractivity contribution in [2.75, 3.05) is 19.6 Å². The van der Waals surface area contributed by atoms with Crippen molar-refractivity contribution in [1.82, 2.24) is 10.2 Å². The van der Waals surface area contributed by atoms with Gasteiger partial charge in [-0.2, -0.15) is 0 Å². The fourth-order valence-electron chi connectivity index (χ4n) is 3.48. The molecule has 1 aliphatic carbocycles. The van der Waals surface area contributed by atoms with Gasteiger partial charge < -0.3 is 16.0 Å². The largest absolute Gasteiger partial charge is 0.331 e. The predicted octanol–water partition coefficient (Wildman–Crippen LogP) is 2.87. The lowest BCUT2D eigenvalue weighted by Gasteiger charge is -2.39. The van der Waals surface area contributed by atoms with Crippen molar-refractivity contribution in [2.24, 2.45) is 11.7 Å². The van der Waals surface area contributed by atoms with E-state index in [1.165, 1.54) is 32.1 Å². The van der Waals surface area contributed by atoms with Gasteiger partial charge in [0, 0.05) is 19.6 Å². The van der Waals surface area contributed by atoms with Crippen LogP contribution in [0.3, 0.4) is 0 Å². The molecule has 20 heavy (non-hydrogen) atoms. The minimum atomic E-state index is -0.152. The van der Waals surface area contributed by atoms with Crippen molar-refractivity contribution in [3.63, 3.8) is 0 Å². The summed E-state index contributed by atoms with van der Waals surface area (Å²) in [6.45, 7) is 4.63. The number of nitrogens with zero attached hydrogens (tertiary/aromatic N) is 1. The number of urea groups is 1. The molecule has 4 heteroatoms. The normalized spacial score (nSPS) is 24.8. The van der Waals surface area contributed by atoms with E-state index in [9.17, 15) is 4.79 Å². The van der Waals surface area contributed by atoms with Crippen LogP contribution in [0, 0.1) is 5.92 Å². The summed E-state index contributed by atoms with van der Waals surface area (Å²) in [5.74, 6) is 0.754. The molecule has 2 aliphatic rings. The van der Waals surface area contributed by atoms with Crippen LogP contribution in [-0.2, 0) is 0 Å². The Labute approximate surface area is 123 Å². The zero-order chi connectivity index (χ0) is 14.4. The summed E-state index contributed by atoms with van der Waals surface area (Å²) in [7, 11) is 0. The Balaban J connectivity index is 1.91. The maximum atomic E-state index is 12.5. The van der Waals surface area contributed by atoms with Crippen molar-refractivity contribution in [3.8, 4) is 0 Å². The number of nitrogens with one attached hydrogen (secondary N) is 1. The molecule has 1 heterocycles. The number of piperidine rings is 1. The van der Waals surface area contributed by atoms with Gasteiger partial charge in [0.1, 0.15) is 0 Å². The number of rotatable bonds is 2. The first-order valence-electron chi connectivity index (χ1n) is 8.42. The minimum Gasteiger partial charge on any atom is -0.331 e. The lowest BCUT2D eigenvalue weighted by molar-refractivity contribution is 0.155. The molecule has 0 unspecified atom stereocenters. The number of amides is 2. The second kappa shape index (κ2) is 7.30. The minimum absolute atomic E-state index is 0.114. The quantitative estimate of drug-likeness (QED) is 0.817. The van der Waals surface area contributed by atoms with Crippen LogP contribution in [0.1, 0.15) is 64.7 Å². The monoisotopic (exact) mass is 281 g/mol. The zero-order valence-electron chi connectivity index (χ0n) is 13.0. The highest BCUT2D eigenvalue weighted by molar-refractivity contribution is 5.75. The van der Waals surface area contributed by atoms with Crippen LogP contribution in [0.5, 0.6) is 0 Å². The van der Waals surface area contributed by atoms with Gasteiger partial charge in [0.05, 0.1) is 5.54 Å². The highest BCUT2D eigenvalue weighted by atomic mass is 16.2. The molecule has 2 fully saturated rings. The molecule has 0 radical (unpaired) electrons. The summed E-state index contributed by atoms with van der Waals surface area (Å²) >= 11 is 0. The Morgan fingerprint density at radius 3 is 2.25 bits per heavy atom. The van der Waals surface area contributed by atoms with Crippen molar-refractivity contribution in [2.45, 2.75) is 70.3 Å². The molecule has 0 aromatic rings. The smallest absolute Gasteiger partial charge is 0.317 e. The fourth-order valence-corrected chi connectivity index (χ4v) is 3.48. The van der Waals surface area contributed by atoms with Crippen molar-refractivity contribution < 1.29 is 4.79 Å². The molecule has 1 saturated heterocycles. The Morgan fingerprint density at radius 1 is 1.15 bits per heavy atom. The first-order chi connectivity index (χ1) is 9.65. The first-order valence-corrected chi connectivity index (χ1v) is 8.42. The van der Waals surface area contributed by atoms with E-state index in [2.05, 4.69) is 12.2 Å². The van der Waals surface area contributed by atoms with E-state index < -0.39 is 0 Å². The summed E-state index contributed by atoms with van der Waals surface area (Å²) in [6, 6.07) is 0.114. The molecule has 1 aliphatic heterocycles. The molecule has 0 bridgehead atoms. The van der Waals surface area contributed by atoms with Gasteiger partial charge in [0.2, 0.25) is 0 Å².